The fourth-order valence-electron chi connectivity index (χ4n) is 4.25. The first-order chi connectivity index (χ1) is 17.7. The lowest BCUT2D eigenvalue weighted by Gasteiger charge is -2.07. The van der Waals surface area contributed by atoms with Gasteiger partial charge in [0.15, 0.2) is 5.82 Å². The zero-order valence-electron chi connectivity index (χ0n) is 21.2. The minimum absolute atomic E-state index is 0.0452. The van der Waals surface area contributed by atoms with Crippen LogP contribution in [-0.2, 0) is 13.1 Å². The van der Waals surface area contributed by atoms with E-state index in [0.29, 0.717) is 24.7 Å². The van der Waals surface area contributed by atoms with Crippen molar-refractivity contribution in [2.24, 2.45) is 0 Å². The van der Waals surface area contributed by atoms with Gasteiger partial charge in [-0.3, -0.25) is 4.57 Å². The highest BCUT2D eigenvalue weighted by Crippen LogP contribution is 2.24. The van der Waals surface area contributed by atoms with E-state index in [4.69, 9.17) is 0 Å². The van der Waals surface area contributed by atoms with E-state index >= 15 is 0 Å². The van der Waals surface area contributed by atoms with Crippen LogP contribution in [0.5, 0.6) is 0 Å². The SMILES string of the molecule is CCC=Cc1nn(CCCCCCCC)c(=O)n1Cc1ccc(-c2cccc(-c3nn[nH]n3)c2)cc1. The van der Waals surface area contributed by atoms with Gasteiger partial charge in [-0.1, -0.05) is 94.5 Å². The van der Waals surface area contributed by atoms with Gasteiger partial charge < -0.3 is 0 Å². The minimum atomic E-state index is -0.0452. The topological polar surface area (TPSA) is 94.3 Å². The number of benzene rings is 2. The van der Waals surface area contributed by atoms with Gasteiger partial charge in [0.25, 0.3) is 0 Å². The van der Waals surface area contributed by atoms with Crippen LogP contribution >= 0.6 is 0 Å². The van der Waals surface area contributed by atoms with Gasteiger partial charge in [-0.25, -0.2) is 9.48 Å². The van der Waals surface area contributed by atoms with Gasteiger partial charge in [-0.2, -0.15) is 10.3 Å². The number of hydrogen-bond acceptors (Lipinski definition) is 5. The van der Waals surface area contributed by atoms with Crippen molar-refractivity contribution < 1.29 is 0 Å². The Morgan fingerprint density at radius 2 is 1.69 bits per heavy atom. The summed E-state index contributed by atoms with van der Waals surface area (Å²) >= 11 is 0. The Hall–Kier alpha value is -3.81. The van der Waals surface area contributed by atoms with E-state index < -0.39 is 0 Å². The van der Waals surface area contributed by atoms with Gasteiger partial charge in [-0.15, -0.1) is 10.2 Å². The zero-order valence-corrected chi connectivity index (χ0v) is 21.2. The summed E-state index contributed by atoms with van der Waals surface area (Å²) in [6.07, 6.45) is 12.0. The summed E-state index contributed by atoms with van der Waals surface area (Å²) < 4.78 is 3.40. The predicted octanol–water partition coefficient (Wildman–Crippen LogP) is 5.72. The molecule has 188 valence electrons. The van der Waals surface area contributed by atoms with E-state index in [9.17, 15) is 4.79 Å². The standard InChI is InChI=1S/C28H35N7O/c1-3-5-7-8-9-10-19-35-28(36)34(26(31-35)14-6-4-2)21-22-15-17-23(18-16-22)24-12-11-13-25(20-24)27-29-32-33-30-27/h6,11-18,20H,3-5,7-10,19,21H2,1-2H3,(H,29,30,32,33). The maximum atomic E-state index is 13.2. The number of tetrazole rings is 1. The fourth-order valence-corrected chi connectivity index (χ4v) is 4.25. The molecule has 0 bridgehead atoms. The van der Waals surface area contributed by atoms with Gasteiger partial charge in [0, 0.05) is 12.1 Å². The molecule has 0 fully saturated rings. The third kappa shape index (κ3) is 6.44. The summed E-state index contributed by atoms with van der Waals surface area (Å²) in [5, 5.41) is 18.9. The lowest BCUT2D eigenvalue weighted by molar-refractivity contribution is 0.511. The second-order valence-electron chi connectivity index (χ2n) is 9.04. The monoisotopic (exact) mass is 485 g/mol. The van der Waals surface area contributed by atoms with Crippen molar-refractivity contribution in [1.82, 2.24) is 35.0 Å². The molecule has 2 aromatic carbocycles. The number of hydrogen-bond donors (Lipinski definition) is 1. The van der Waals surface area contributed by atoms with Gasteiger partial charge in [0.2, 0.25) is 5.82 Å². The molecular weight excluding hydrogens is 450 g/mol. The maximum Gasteiger partial charge on any atom is 0.346 e. The number of nitrogens with zero attached hydrogens (tertiary/aromatic N) is 6. The van der Waals surface area contributed by atoms with E-state index in [2.05, 4.69) is 69.9 Å². The number of nitrogens with one attached hydrogen (secondary N) is 1. The number of aryl methyl sites for hydroxylation is 1. The number of allylic oxidation sites excluding steroid dienone is 1. The first kappa shape index (κ1) is 25.3. The summed E-state index contributed by atoms with van der Waals surface area (Å²) in [6.45, 7) is 5.46. The molecule has 36 heavy (non-hydrogen) atoms. The van der Waals surface area contributed by atoms with Crippen molar-refractivity contribution in [3.8, 4) is 22.5 Å². The third-order valence-corrected chi connectivity index (χ3v) is 6.27. The van der Waals surface area contributed by atoms with Crippen molar-refractivity contribution in [2.75, 3.05) is 0 Å². The highest BCUT2D eigenvalue weighted by atomic mass is 16.2. The number of aromatic nitrogens is 7. The molecular formula is C28H35N7O. The first-order valence-corrected chi connectivity index (χ1v) is 13.0. The Labute approximate surface area is 212 Å². The molecule has 2 heterocycles. The lowest BCUT2D eigenvalue weighted by Crippen LogP contribution is -2.25. The van der Waals surface area contributed by atoms with E-state index in [-0.39, 0.29) is 5.69 Å². The first-order valence-electron chi connectivity index (χ1n) is 13.0. The maximum absolute atomic E-state index is 13.2. The molecule has 4 rings (SSSR count). The van der Waals surface area contributed by atoms with Crippen LogP contribution in [0.1, 0.15) is 70.2 Å². The molecule has 0 radical (unpaired) electrons. The highest BCUT2D eigenvalue weighted by Gasteiger charge is 2.12. The highest BCUT2D eigenvalue weighted by molar-refractivity contribution is 5.70. The molecule has 8 nitrogen and oxygen atoms in total. The number of unbranched alkanes of at least 4 members (excludes halogenated alkanes) is 5. The van der Waals surface area contributed by atoms with Crippen LogP contribution in [0.15, 0.2) is 59.4 Å². The van der Waals surface area contributed by atoms with Gasteiger partial charge in [0.05, 0.1) is 6.54 Å². The molecule has 0 aliphatic rings. The van der Waals surface area contributed by atoms with Gasteiger partial charge in [0.1, 0.15) is 0 Å². The van der Waals surface area contributed by atoms with E-state index in [1.165, 1.54) is 25.7 Å². The Bertz CT molecular complexity index is 1300. The Kier molecular flexibility index (Phi) is 8.97. The summed E-state index contributed by atoms with van der Waals surface area (Å²) in [5.74, 6) is 1.28. The van der Waals surface area contributed by atoms with E-state index in [0.717, 1.165) is 41.5 Å². The zero-order chi connectivity index (χ0) is 25.2. The molecule has 0 aliphatic carbocycles. The molecule has 0 spiro atoms. The normalized spacial score (nSPS) is 11.5. The molecule has 1 N–H and O–H groups in total. The molecule has 0 amide bonds. The number of H-pyrrole nitrogens is 1. The smallest absolute Gasteiger partial charge is 0.271 e. The average molecular weight is 486 g/mol. The van der Waals surface area contributed by atoms with Crippen LogP contribution < -0.4 is 5.69 Å². The molecule has 0 saturated heterocycles. The second-order valence-corrected chi connectivity index (χ2v) is 9.04. The van der Waals surface area contributed by atoms with Crippen molar-refractivity contribution in [1.29, 1.82) is 0 Å². The van der Waals surface area contributed by atoms with Crippen molar-refractivity contribution in [2.45, 2.75) is 71.9 Å². The van der Waals surface area contributed by atoms with Gasteiger partial charge in [-0.05, 0) is 46.9 Å². The van der Waals surface area contributed by atoms with Crippen LogP contribution in [0.25, 0.3) is 28.6 Å². The van der Waals surface area contributed by atoms with Crippen LogP contribution in [-0.4, -0.2) is 35.0 Å². The average Bonchev–Trinajstić information content (AvgIpc) is 3.55. The summed E-state index contributed by atoms with van der Waals surface area (Å²) in [6, 6.07) is 16.4. The number of aromatic amines is 1. The summed E-state index contributed by atoms with van der Waals surface area (Å²) in [7, 11) is 0. The van der Waals surface area contributed by atoms with Crippen molar-refractivity contribution in [3.63, 3.8) is 0 Å². The van der Waals surface area contributed by atoms with E-state index in [1.807, 2.05) is 30.4 Å². The van der Waals surface area contributed by atoms with Crippen LogP contribution in [0.4, 0.5) is 0 Å². The number of rotatable bonds is 13. The third-order valence-electron chi connectivity index (χ3n) is 6.27. The summed E-state index contributed by atoms with van der Waals surface area (Å²) in [4.78, 5) is 13.2. The molecule has 0 atom stereocenters. The van der Waals surface area contributed by atoms with Crippen LogP contribution in [0, 0.1) is 0 Å². The Morgan fingerprint density at radius 3 is 2.44 bits per heavy atom. The van der Waals surface area contributed by atoms with Crippen LogP contribution in [0.2, 0.25) is 0 Å². The molecule has 4 aromatic rings. The molecule has 2 aromatic heterocycles. The van der Waals surface area contributed by atoms with Crippen LogP contribution in [0.3, 0.4) is 0 Å². The van der Waals surface area contributed by atoms with Gasteiger partial charge >= 0.3 is 5.69 Å². The summed E-state index contributed by atoms with van der Waals surface area (Å²) in [5.41, 5.74) is 4.07. The quantitative estimate of drug-likeness (QED) is 0.244. The minimum Gasteiger partial charge on any atom is -0.271 e. The fraction of sp³-hybridized carbons (Fsp3) is 0.393. The predicted molar refractivity (Wildman–Crippen MR) is 143 cm³/mol. The van der Waals surface area contributed by atoms with Crippen molar-refractivity contribution in [3.05, 3.63) is 76.5 Å². The largest absolute Gasteiger partial charge is 0.346 e. The molecule has 8 heteroatoms. The second kappa shape index (κ2) is 12.8. The molecule has 0 aliphatic heterocycles. The Morgan fingerprint density at radius 1 is 0.917 bits per heavy atom. The Balaban J connectivity index is 1.48. The van der Waals surface area contributed by atoms with E-state index in [1.54, 1.807) is 9.25 Å². The molecule has 0 saturated carbocycles. The lowest BCUT2D eigenvalue weighted by atomic mass is 10.0. The van der Waals surface area contributed by atoms with Crippen molar-refractivity contribution >= 4 is 6.08 Å². The molecule has 0 unspecified atom stereocenters.